The molecule has 1 aromatic carbocycles. The number of carbonyl (C=O) groups is 3. The zero-order chi connectivity index (χ0) is 18.6. The van der Waals surface area contributed by atoms with Gasteiger partial charge in [0.15, 0.2) is 0 Å². The zero-order valence-corrected chi connectivity index (χ0v) is 14.4. The first kappa shape index (κ1) is 18.3. The Morgan fingerprint density at radius 3 is 2.44 bits per heavy atom. The Balaban J connectivity index is 2.30. The molecule has 0 saturated carbocycles. The number of carboxylic acid groups (broad SMARTS) is 1. The van der Waals surface area contributed by atoms with Crippen LogP contribution in [0.4, 0.5) is 9.59 Å². The standard InChI is InChI=1S/C15H15N3O6S/c1-8-11(13(19)16-14(20)18(25-3)15(21)22)12(17-24-8)9-4-6-10(23-2)7-5-9/h4-7H,1-3H3,(H,21,22)(H,16,19,20). The van der Waals surface area contributed by atoms with Crippen molar-refractivity contribution in [1.82, 2.24) is 14.8 Å². The van der Waals surface area contributed by atoms with Gasteiger partial charge in [-0.15, -0.1) is 0 Å². The average molecular weight is 365 g/mol. The van der Waals surface area contributed by atoms with E-state index in [2.05, 4.69) is 5.16 Å². The summed E-state index contributed by atoms with van der Waals surface area (Å²) < 4.78 is 10.5. The van der Waals surface area contributed by atoms with Crippen molar-refractivity contribution in [3.63, 3.8) is 0 Å². The Labute approximate surface area is 147 Å². The largest absolute Gasteiger partial charge is 0.497 e. The first-order valence-electron chi connectivity index (χ1n) is 6.92. The van der Waals surface area contributed by atoms with E-state index in [0.717, 1.165) is 0 Å². The van der Waals surface area contributed by atoms with Crippen molar-refractivity contribution in [2.45, 2.75) is 6.92 Å². The summed E-state index contributed by atoms with van der Waals surface area (Å²) in [5.41, 5.74) is 0.858. The van der Waals surface area contributed by atoms with Crippen LogP contribution in [0.3, 0.4) is 0 Å². The maximum atomic E-state index is 12.4. The van der Waals surface area contributed by atoms with Crippen LogP contribution < -0.4 is 10.1 Å². The normalized spacial score (nSPS) is 10.2. The number of nitrogens with one attached hydrogen (secondary N) is 1. The summed E-state index contributed by atoms with van der Waals surface area (Å²) in [7, 11) is 1.53. The number of methoxy groups -OCH3 is 1. The number of carbonyl (C=O) groups excluding carboxylic acids is 2. The van der Waals surface area contributed by atoms with Gasteiger partial charge in [-0.05, 0) is 43.1 Å². The molecule has 0 atom stereocenters. The molecule has 0 saturated heterocycles. The highest BCUT2D eigenvalue weighted by Crippen LogP contribution is 2.27. The highest BCUT2D eigenvalue weighted by atomic mass is 32.2. The van der Waals surface area contributed by atoms with Gasteiger partial charge in [0.1, 0.15) is 22.8 Å². The summed E-state index contributed by atoms with van der Waals surface area (Å²) in [6, 6.07) is 5.66. The van der Waals surface area contributed by atoms with Gasteiger partial charge in [0, 0.05) is 11.8 Å². The van der Waals surface area contributed by atoms with Gasteiger partial charge in [0.05, 0.1) is 7.11 Å². The Kier molecular flexibility index (Phi) is 5.65. The van der Waals surface area contributed by atoms with Crippen molar-refractivity contribution in [1.29, 1.82) is 0 Å². The molecule has 1 aromatic heterocycles. The fourth-order valence-corrected chi connectivity index (χ4v) is 2.41. The van der Waals surface area contributed by atoms with Crippen LogP contribution in [-0.4, -0.2) is 46.0 Å². The number of aryl methyl sites for hydroxylation is 1. The molecule has 2 rings (SSSR count). The van der Waals surface area contributed by atoms with Crippen molar-refractivity contribution in [3.8, 4) is 17.0 Å². The van der Waals surface area contributed by atoms with Crippen LogP contribution in [0.2, 0.25) is 0 Å². The summed E-state index contributed by atoms with van der Waals surface area (Å²) >= 11 is 0.651. The molecule has 0 spiro atoms. The highest BCUT2D eigenvalue weighted by molar-refractivity contribution is 7.97. The molecule has 2 aromatic rings. The number of hydrogen-bond acceptors (Lipinski definition) is 7. The molecule has 2 N–H and O–H groups in total. The summed E-state index contributed by atoms with van der Waals surface area (Å²) in [5.74, 6) is 0.0132. The van der Waals surface area contributed by atoms with Crippen molar-refractivity contribution >= 4 is 30.0 Å². The molecule has 0 bridgehead atoms. The summed E-state index contributed by atoms with van der Waals surface area (Å²) in [6.07, 6.45) is -0.0961. The lowest BCUT2D eigenvalue weighted by Gasteiger charge is -2.13. The average Bonchev–Trinajstić information content (AvgIpc) is 2.96. The second-order valence-corrected chi connectivity index (χ2v) is 5.44. The second-order valence-electron chi connectivity index (χ2n) is 4.71. The second kappa shape index (κ2) is 7.71. The van der Waals surface area contributed by atoms with E-state index >= 15 is 0 Å². The third-order valence-corrected chi connectivity index (χ3v) is 3.90. The number of rotatable bonds is 4. The number of aromatic nitrogens is 1. The lowest BCUT2D eigenvalue weighted by atomic mass is 10.1. The van der Waals surface area contributed by atoms with Gasteiger partial charge >= 0.3 is 12.1 Å². The minimum Gasteiger partial charge on any atom is -0.497 e. The molecule has 4 amide bonds. The minimum absolute atomic E-state index is 0.0463. The molecule has 25 heavy (non-hydrogen) atoms. The molecule has 0 radical (unpaired) electrons. The topological polar surface area (TPSA) is 122 Å². The molecule has 0 aliphatic rings. The minimum atomic E-state index is -1.49. The zero-order valence-electron chi connectivity index (χ0n) is 13.6. The van der Waals surface area contributed by atoms with E-state index < -0.39 is 18.0 Å². The molecule has 10 heteroatoms. The molecule has 1 heterocycles. The van der Waals surface area contributed by atoms with Crippen LogP contribution in [0.15, 0.2) is 28.8 Å². The van der Waals surface area contributed by atoms with E-state index in [0.29, 0.717) is 27.6 Å². The maximum absolute atomic E-state index is 12.4. The number of nitrogens with zero attached hydrogens (tertiary/aromatic N) is 2. The quantitative estimate of drug-likeness (QED) is 0.793. The molecule has 9 nitrogen and oxygen atoms in total. The van der Waals surface area contributed by atoms with E-state index in [1.807, 2.05) is 5.32 Å². The lowest BCUT2D eigenvalue weighted by Crippen LogP contribution is -2.41. The van der Waals surface area contributed by atoms with Crippen molar-refractivity contribution < 1.29 is 28.8 Å². The highest BCUT2D eigenvalue weighted by Gasteiger charge is 2.27. The summed E-state index contributed by atoms with van der Waals surface area (Å²) in [5, 5.41) is 14.8. The van der Waals surface area contributed by atoms with E-state index in [4.69, 9.17) is 14.4 Å². The Hall–Kier alpha value is -3.01. The van der Waals surface area contributed by atoms with Gasteiger partial charge in [-0.2, -0.15) is 4.31 Å². The summed E-state index contributed by atoms with van der Waals surface area (Å²) in [6.45, 7) is 1.52. The SMILES string of the molecule is COc1ccc(-c2noc(C)c2C(=O)NC(=O)N(SC)C(=O)O)cc1. The molecule has 0 aliphatic carbocycles. The summed E-state index contributed by atoms with van der Waals surface area (Å²) in [4.78, 5) is 35.2. The number of imide groups is 2. The number of benzene rings is 1. The monoisotopic (exact) mass is 365 g/mol. The first-order valence-corrected chi connectivity index (χ1v) is 8.10. The predicted molar refractivity (Wildman–Crippen MR) is 89.5 cm³/mol. The number of hydrogen-bond donors (Lipinski definition) is 2. The van der Waals surface area contributed by atoms with Crippen molar-refractivity contribution in [3.05, 3.63) is 35.6 Å². The van der Waals surface area contributed by atoms with Gasteiger partial charge in [-0.1, -0.05) is 5.16 Å². The first-order chi connectivity index (χ1) is 11.9. The smallest absolute Gasteiger partial charge is 0.425 e. The number of urea groups is 1. The molecular weight excluding hydrogens is 350 g/mol. The van der Waals surface area contributed by atoms with Crippen molar-refractivity contribution in [2.75, 3.05) is 13.4 Å². The Morgan fingerprint density at radius 1 is 1.28 bits per heavy atom. The van der Waals surface area contributed by atoms with Crippen LogP contribution in [-0.2, 0) is 0 Å². The third kappa shape index (κ3) is 3.91. The van der Waals surface area contributed by atoms with E-state index in [1.165, 1.54) is 20.3 Å². The van der Waals surface area contributed by atoms with Crippen LogP contribution >= 0.6 is 11.9 Å². The molecule has 132 valence electrons. The van der Waals surface area contributed by atoms with Crippen LogP contribution in [0.1, 0.15) is 16.1 Å². The third-order valence-electron chi connectivity index (χ3n) is 3.21. The van der Waals surface area contributed by atoms with Gasteiger partial charge in [-0.3, -0.25) is 10.1 Å². The van der Waals surface area contributed by atoms with Gasteiger partial charge in [0.2, 0.25) is 0 Å². The Morgan fingerprint density at radius 2 is 1.92 bits per heavy atom. The van der Waals surface area contributed by atoms with Gasteiger partial charge < -0.3 is 14.4 Å². The van der Waals surface area contributed by atoms with Crippen LogP contribution in [0, 0.1) is 6.92 Å². The number of amides is 4. The number of ether oxygens (including phenoxy) is 1. The van der Waals surface area contributed by atoms with Gasteiger partial charge in [0.25, 0.3) is 5.91 Å². The Bertz CT molecular complexity index is 802. The molecule has 0 fully saturated rings. The molecule has 0 unspecified atom stereocenters. The maximum Gasteiger partial charge on any atom is 0.425 e. The van der Waals surface area contributed by atoms with Gasteiger partial charge in [-0.25, -0.2) is 9.59 Å². The van der Waals surface area contributed by atoms with Crippen molar-refractivity contribution in [2.24, 2.45) is 0 Å². The predicted octanol–water partition coefficient (Wildman–Crippen LogP) is 2.77. The van der Waals surface area contributed by atoms with Crippen LogP contribution in [0.5, 0.6) is 5.75 Å². The molecular formula is C15H15N3O6S. The fourth-order valence-electron chi connectivity index (χ4n) is 2.04. The van der Waals surface area contributed by atoms with E-state index in [9.17, 15) is 14.4 Å². The lowest BCUT2D eigenvalue weighted by molar-refractivity contribution is 0.0959. The fraction of sp³-hybridized carbons (Fsp3) is 0.200. The van der Waals surface area contributed by atoms with E-state index in [-0.39, 0.29) is 17.0 Å². The van der Waals surface area contributed by atoms with Crippen LogP contribution in [0.25, 0.3) is 11.3 Å². The molecule has 0 aliphatic heterocycles. The van der Waals surface area contributed by atoms with E-state index in [1.54, 1.807) is 24.3 Å².